The highest BCUT2D eigenvalue weighted by Crippen LogP contribution is 2.45. The van der Waals surface area contributed by atoms with Crippen molar-refractivity contribution in [2.24, 2.45) is 0 Å². The van der Waals surface area contributed by atoms with E-state index in [0.717, 1.165) is 39.5 Å². The highest BCUT2D eigenvalue weighted by atomic mass is 15.0. The Labute approximate surface area is 303 Å². The largest absolute Gasteiger partial charge is 0.307 e. The summed E-state index contributed by atoms with van der Waals surface area (Å²) in [7, 11) is 0. The maximum absolute atomic E-state index is 5.23. The molecule has 0 fully saturated rings. The Kier molecular flexibility index (Phi) is 5.77. The predicted molar refractivity (Wildman–Crippen MR) is 218 cm³/mol. The van der Waals surface area contributed by atoms with Crippen LogP contribution in [-0.4, -0.2) is 23.8 Å². The van der Waals surface area contributed by atoms with Crippen molar-refractivity contribution in [2.75, 3.05) is 0 Å². The zero-order valence-corrected chi connectivity index (χ0v) is 28.5. The molecule has 0 radical (unpaired) electrons. The topological polar surface area (TPSA) is 47.5 Å². The molecule has 0 bridgehead atoms. The van der Waals surface area contributed by atoms with Crippen molar-refractivity contribution in [2.45, 2.75) is 6.42 Å². The highest BCUT2D eigenvalue weighted by molar-refractivity contribution is 6.27. The minimum atomic E-state index is 0.655. The number of hydrogen-bond acceptors (Lipinski definition) is 3. The van der Waals surface area contributed by atoms with Crippen LogP contribution in [0.15, 0.2) is 158 Å². The summed E-state index contributed by atoms with van der Waals surface area (Å²) in [5, 5.41) is 8.57. The molecule has 0 saturated heterocycles. The van der Waals surface area contributed by atoms with Gasteiger partial charge in [0.05, 0.1) is 33.3 Å². The Morgan fingerprint density at radius 1 is 0.434 bits per heavy atom. The van der Waals surface area contributed by atoms with Gasteiger partial charge in [0.2, 0.25) is 0 Å². The number of aromatic nitrogens is 5. The summed E-state index contributed by atoms with van der Waals surface area (Å²) < 4.78 is 5.04. The monoisotopic (exact) mass is 675 g/mol. The lowest BCUT2D eigenvalue weighted by atomic mass is 9.99. The molecule has 5 heteroatoms. The van der Waals surface area contributed by atoms with E-state index >= 15 is 0 Å². The summed E-state index contributed by atoms with van der Waals surface area (Å²) >= 11 is 0. The second kappa shape index (κ2) is 10.7. The lowest BCUT2D eigenvalue weighted by molar-refractivity contribution is 1.08. The number of rotatable bonds is 3. The quantitative estimate of drug-likeness (QED) is 0.187. The minimum absolute atomic E-state index is 0.655. The zero-order chi connectivity index (χ0) is 34.6. The van der Waals surface area contributed by atoms with E-state index in [1.165, 1.54) is 60.1 Å². The molecule has 7 aromatic carbocycles. The minimum Gasteiger partial charge on any atom is -0.307 e. The van der Waals surface area contributed by atoms with Gasteiger partial charge in [-0.15, -0.1) is 0 Å². The Morgan fingerprint density at radius 2 is 1.02 bits per heavy atom. The van der Waals surface area contributed by atoms with E-state index < -0.39 is 0 Å². The van der Waals surface area contributed by atoms with Crippen molar-refractivity contribution in [1.29, 1.82) is 0 Å². The lowest BCUT2D eigenvalue weighted by Gasteiger charge is -2.14. The van der Waals surface area contributed by atoms with Crippen molar-refractivity contribution >= 4 is 71.4 Å². The van der Waals surface area contributed by atoms with Crippen molar-refractivity contribution in [3.8, 4) is 34.2 Å². The SMILES string of the molecule is C1=Cc2c(c3ccc(-c4nc(-c5ccccc5)nc(-c5ccccc5)n4)c4c5ccccc5n(c5cc6ccccc6c6c7ccccc7n2c65)c34)C1. The van der Waals surface area contributed by atoms with Crippen LogP contribution >= 0.6 is 0 Å². The van der Waals surface area contributed by atoms with Gasteiger partial charge < -0.3 is 8.80 Å². The fourth-order valence-electron chi connectivity index (χ4n) is 8.90. The van der Waals surface area contributed by atoms with E-state index in [-0.39, 0.29) is 0 Å². The molecule has 11 aromatic rings. The number of para-hydroxylation sites is 2. The average Bonchev–Trinajstić information content (AvgIpc) is 3.93. The van der Waals surface area contributed by atoms with Gasteiger partial charge in [0.25, 0.3) is 0 Å². The first kappa shape index (κ1) is 28.6. The summed E-state index contributed by atoms with van der Waals surface area (Å²) in [4.78, 5) is 15.5. The van der Waals surface area contributed by atoms with Gasteiger partial charge in [0.1, 0.15) is 0 Å². The van der Waals surface area contributed by atoms with Gasteiger partial charge >= 0.3 is 0 Å². The second-order valence-electron chi connectivity index (χ2n) is 13.9. The lowest BCUT2D eigenvalue weighted by Crippen LogP contribution is -2.01. The zero-order valence-electron chi connectivity index (χ0n) is 28.5. The highest BCUT2D eigenvalue weighted by Gasteiger charge is 2.25. The third-order valence-corrected chi connectivity index (χ3v) is 11.1. The summed E-state index contributed by atoms with van der Waals surface area (Å²) in [5.74, 6) is 1.97. The second-order valence-corrected chi connectivity index (χ2v) is 13.9. The van der Waals surface area contributed by atoms with Crippen LogP contribution in [-0.2, 0) is 6.42 Å². The van der Waals surface area contributed by atoms with Crippen LogP contribution < -0.4 is 0 Å². The molecule has 0 aliphatic heterocycles. The Balaban J connectivity index is 1.32. The molecular weight excluding hydrogens is 647 g/mol. The molecule has 0 saturated carbocycles. The van der Waals surface area contributed by atoms with Gasteiger partial charge in [-0.05, 0) is 53.1 Å². The first-order valence-corrected chi connectivity index (χ1v) is 18.1. The smallest absolute Gasteiger partial charge is 0.164 e. The van der Waals surface area contributed by atoms with Crippen LogP contribution in [0.2, 0.25) is 0 Å². The first-order chi connectivity index (χ1) is 26.3. The maximum Gasteiger partial charge on any atom is 0.164 e. The maximum atomic E-state index is 5.23. The van der Waals surface area contributed by atoms with Crippen LogP contribution in [0.25, 0.3) is 106 Å². The molecule has 53 heavy (non-hydrogen) atoms. The average molecular weight is 676 g/mol. The first-order valence-electron chi connectivity index (χ1n) is 18.1. The summed E-state index contributed by atoms with van der Waals surface area (Å²) in [6, 6.07) is 53.9. The number of hydrogen-bond donors (Lipinski definition) is 0. The third kappa shape index (κ3) is 3.93. The van der Waals surface area contributed by atoms with Gasteiger partial charge in [0.15, 0.2) is 17.5 Å². The van der Waals surface area contributed by atoms with E-state index in [4.69, 9.17) is 15.0 Å². The normalized spacial score (nSPS) is 12.8. The molecule has 5 nitrogen and oxygen atoms in total. The number of allylic oxidation sites excluding steroid dienone is 1. The number of fused-ring (bicyclic) bond motifs is 12. The van der Waals surface area contributed by atoms with Crippen molar-refractivity contribution in [3.63, 3.8) is 0 Å². The molecule has 1 aliphatic carbocycles. The van der Waals surface area contributed by atoms with Crippen LogP contribution in [0.3, 0.4) is 0 Å². The van der Waals surface area contributed by atoms with Gasteiger partial charge in [-0.1, -0.05) is 133 Å². The van der Waals surface area contributed by atoms with Crippen LogP contribution in [0.5, 0.6) is 0 Å². The molecule has 0 N–H and O–H groups in total. The summed E-state index contributed by atoms with van der Waals surface area (Å²) in [5.41, 5.74) is 11.4. The number of nitrogens with zero attached hydrogens (tertiary/aromatic N) is 5. The number of benzene rings is 7. The molecule has 246 valence electrons. The fourth-order valence-corrected chi connectivity index (χ4v) is 8.90. The standard InChI is InChI=1S/C48H29N5/c1-3-14-29(15-4-1)46-49-47(30-16-5-2-6-17-30)51-48(50-46)37-27-26-34-33-22-13-25-38(33)52-39-23-11-9-20-35(39)42-32-19-8-7-18-31(32)28-41(45(42)52)53-40-24-12-10-21-36(40)43(37)44(34)53/h1-21,23-28H,22H2. The van der Waals surface area contributed by atoms with E-state index in [2.05, 4.69) is 136 Å². The van der Waals surface area contributed by atoms with Crippen molar-refractivity contribution in [1.82, 2.24) is 23.8 Å². The van der Waals surface area contributed by atoms with E-state index in [1.54, 1.807) is 0 Å². The van der Waals surface area contributed by atoms with Gasteiger partial charge in [-0.2, -0.15) is 0 Å². The van der Waals surface area contributed by atoms with Crippen molar-refractivity contribution in [3.05, 3.63) is 169 Å². The van der Waals surface area contributed by atoms with Gasteiger partial charge in [0, 0.05) is 43.6 Å². The van der Waals surface area contributed by atoms with Crippen LogP contribution in [0, 0.1) is 0 Å². The van der Waals surface area contributed by atoms with Gasteiger partial charge in [-0.25, -0.2) is 15.0 Å². The molecule has 4 aromatic heterocycles. The van der Waals surface area contributed by atoms with Crippen molar-refractivity contribution < 1.29 is 0 Å². The molecule has 0 amide bonds. The van der Waals surface area contributed by atoms with E-state index in [1.807, 2.05) is 36.4 Å². The summed E-state index contributed by atoms with van der Waals surface area (Å²) in [6.07, 6.45) is 5.49. The Hall–Kier alpha value is -7.11. The molecule has 0 spiro atoms. The molecule has 12 rings (SSSR count). The van der Waals surface area contributed by atoms with E-state index in [9.17, 15) is 0 Å². The summed E-state index contributed by atoms with van der Waals surface area (Å²) in [6.45, 7) is 0. The predicted octanol–water partition coefficient (Wildman–Crippen LogP) is 11.7. The van der Waals surface area contributed by atoms with Crippen LogP contribution in [0.4, 0.5) is 0 Å². The van der Waals surface area contributed by atoms with E-state index in [0.29, 0.717) is 17.5 Å². The molecule has 1 aliphatic rings. The van der Waals surface area contributed by atoms with Gasteiger partial charge in [-0.3, -0.25) is 0 Å². The molecule has 0 atom stereocenters. The molecule has 4 heterocycles. The fraction of sp³-hybridized carbons (Fsp3) is 0.0208. The molecule has 0 unspecified atom stereocenters. The Bertz CT molecular complexity index is 3300. The van der Waals surface area contributed by atoms with Crippen LogP contribution in [0.1, 0.15) is 11.3 Å². The third-order valence-electron chi connectivity index (χ3n) is 11.1. The Morgan fingerprint density at radius 3 is 1.74 bits per heavy atom. The molecular formula is C48H29N5.